The second-order valence-electron chi connectivity index (χ2n) is 5.10. The monoisotopic (exact) mass is 266 g/mol. The molecule has 0 bridgehead atoms. The fourth-order valence-corrected chi connectivity index (χ4v) is 1.65. The number of hydrogen-bond donors (Lipinski definition) is 1. The number of ether oxygens (including phenoxy) is 1. The number of aryl methyl sites for hydroxylation is 1. The van der Waals surface area contributed by atoms with E-state index in [2.05, 4.69) is 29.1 Å². The Bertz CT molecular complexity index is 382. The largest absolute Gasteiger partial charge is 0.478 e. The van der Waals surface area contributed by atoms with Crippen LogP contribution in [0.5, 0.6) is 5.88 Å². The van der Waals surface area contributed by atoms with Crippen LogP contribution in [0.4, 0.5) is 5.95 Å². The maximum absolute atomic E-state index is 5.44. The lowest BCUT2D eigenvalue weighted by molar-refractivity contribution is 0.326. The molecule has 1 N–H and O–H groups in total. The number of hydrogen-bond acceptors (Lipinski definition) is 5. The van der Waals surface area contributed by atoms with E-state index in [-0.39, 0.29) is 0 Å². The summed E-state index contributed by atoms with van der Waals surface area (Å²) in [4.78, 5) is 10.9. The number of anilines is 1. The zero-order chi connectivity index (χ0) is 14.3. The van der Waals surface area contributed by atoms with Crippen molar-refractivity contribution in [2.45, 2.75) is 27.7 Å². The molecular formula is C14H26N4O. The molecule has 1 heterocycles. The molecule has 0 aromatic carbocycles. The lowest BCUT2D eigenvalue weighted by atomic mass is 10.2. The fourth-order valence-electron chi connectivity index (χ4n) is 1.65. The Labute approximate surface area is 116 Å². The van der Waals surface area contributed by atoms with Gasteiger partial charge in [-0.3, -0.25) is 0 Å². The molecule has 0 amide bonds. The SMILES string of the molecule is CCOc1cc(C)nc(N(C)CCNCC(C)C)n1. The summed E-state index contributed by atoms with van der Waals surface area (Å²) in [6, 6.07) is 1.86. The number of nitrogens with one attached hydrogen (secondary N) is 1. The standard InChI is InChI=1S/C14H26N4O/c1-6-19-13-9-12(4)16-14(17-13)18(5)8-7-15-10-11(2)3/h9,11,15H,6-8,10H2,1-5H3. The lowest BCUT2D eigenvalue weighted by Crippen LogP contribution is -2.32. The maximum atomic E-state index is 5.44. The Kier molecular flexibility index (Phi) is 6.56. The summed E-state index contributed by atoms with van der Waals surface area (Å²) in [5.41, 5.74) is 0.926. The normalized spacial score (nSPS) is 10.8. The van der Waals surface area contributed by atoms with Crippen LogP contribution in [0.2, 0.25) is 0 Å². The molecule has 0 saturated carbocycles. The minimum absolute atomic E-state index is 0.621. The summed E-state index contributed by atoms with van der Waals surface area (Å²) in [7, 11) is 2.00. The van der Waals surface area contributed by atoms with Gasteiger partial charge in [-0.15, -0.1) is 0 Å². The van der Waals surface area contributed by atoms with Gasteiger partial charge in [-0.25, -0.2) is 4.98 Å². The second-order valence-corrected chi connectivity index (χ2v) is 5.10. The highest BCUT2D eigenvalue weighted by atomic mass is 16.5. The lowest BCUT2D eigenvalue weighted by Gasteiger charge is -2.18. The summed E-state index contributed by atoms with van der Waals surface area (Å²) in [5.74, 6) is 2.03. The molecule has 0 radical (unpaired) electrons. The molecule has 5 nitrogen and oxygen atoms in total. The molecule has 0 saturated heterocycles. The Morgan fingerprint density at radius 2 is 2.11 bits per heavy atom. The minimum Gasteiger partial charge on any atom is -0.478 e. The van der Waals surface area contributed by atoms with Crippen molar-refractivity contribution in [1.82, 2.24) is 15.3 Å². The summed E-state index contributed by atoms with van der Waals surface area (Å²) in [5, 5.41) is 3.41. The van der Waals surface area contributed by atoms with Crippen molar-refractivity contribution in [2.75, 3.05) is 38.2 Å². The first-order valence-electron chi connectivity index (χ1n) is 6.93. The highest BCUT2D eigenvalue weighted by molar-refractivity contribution is 5.33. The summed E-state index contributed by atoms with van der Waals surface area (Å²) in [6.07, 6.45) is 0. The summed E-state index contributed by atoms with van der Waals surface area (Å²) in [6.45, 7) is 11.8. The van der Waals surface area contributed by atoms with Crippen LogP contribution in [0.3, 0.4) is 0 Å². The number of rotatable bonds is 8. The number of likely N-dealkylation sites (N-methyl/N-ethyl adjacent to an activating group) is 1. The smallest absolute Gasteiger partial charge is 0.228 e. The Morgan fingerprint density at radius 3 is 2.74 bits per heavy atom. The van der Waals surface area contributed by atoms with Crippen LogP contribution in [0.25, 0.3) is 0 Å². The van der Waals surface area contributed by atoms with E-state index in [1.807, 2.05) is 31.9 Å². The molecule has 0 unspecified atom stereocenters. The minimum atomic E-state index is 0.621. The van der Waals surface area contributed by atoms with Crippen LogP contribution in [0, 0.1) is 12.8 Å². The van der Waals surface area contributed by atoms with Crippen molar-refractivity contribution in [3.8, 4) is 5.88 Å². The third-order valence-electron chi connectivity index (χ3n) is 2.63. The van der Waals surface area contributed by atoms with Gasteiger partial charge in [0.25, 0.3) is 0 Å². The quantitative estimate of drug-likeness (QED) is 0.728. The van der Waals surface area contributed by atoms with Crippen molar-refractivity contribution < 1.29 is 4.74 Å². The second kappa shape index (κ2) is 7.94. The molecule has 0 fully saturated rings. The van der Waals surface area contributed by atoms with Gasteiger partial charge in [0.05, 0.1) is 6.61 Å². The third kappa shape index (κ3) is 5.87. The number of nitrogens with zero attached hydrogens (tertiary/aromatic N) is 3. The predicted molar refractivity (Wildman–Crippen MR) is 78.9 cm³/mol. The van der Waals surface area contributed by atoms with Crippen LogP contribution >= 0.6 is 0 Å². The molecule has 1 rings (SSSR count). The van der Waals surface area contributed by atoms with E-state index in [1.165, 1.54) is 0 Å². The van der Waals surface area contributed by atoms with Crippen molar-refractivity contribution >= 4 is 5.95 Å². The van der Waals surface area contributed by atoms with E-state index in [0.29, 0.717) is 18.4 Å². The van der Waals surface area contributed by atoms with E-state index in [1.54, 1.807) is 0 Å². The molecule has 0 spiro atoms. The Balaban J connectivity index is 2.53. The average molecular weight is 266 g/mol. The van der Waals surface area contributed by atoms with Gasteiger partial charge in [0.15, 0.2) is 0 Å². The summed E-state index contributed by atoms with van der Waals surface area (Å²) < 4.78 is 5.44. The van der Waals surface area contributed by atoms with Crippen molar-refractivity contribution in [1.29, 1.82) is 0 Å². The third-order valence-corrected chi connectivity index (χ3v) is 2.63. The van der Waals surface area contributed by atoms with Crippen LogP contribution < -0.4 is 15.0 Å². The van der Waals surface area contributed by atoms with E-state index < -0.39 is 0 Å². The molecule has 1 aromatic rings. The topological polar surface area (TPSA) is 50.3 Å². The first-order chi connectivity index (χ1) is 9.02. The van der Waals surface area contributed by atoms with Gasteiger partial charge in [-0.2, -0.15) is 4.98 Å². The van der Waals surface area contributed by atoms with E-state index in [0.717, 1.165) is 31.3 Å². The van der Waals surface area contributed by atoms with E-state index in [9.17, 15) is 0 Å². The van der Waals surface area contributed by atoms with Gasteiger partial charge in [0.1, 0.15) is 0 Å². The van der Waals surface area contributed by atoms with Crippen molar-refractivity contribution in [2.24, 2.45) is 5.92 Å². The van der Waals surface area contributed by atoms with Gasteiger partial charge in [-0.1, -0.05) is 13.8 Å². The van der Waals surface area contributed by atoms with Crippen LogP contribution in [-0.4, -0.2) is 43.3 Å². The molecule has 5 heteroatoms. The Hall–Kier alpha value is -1.36. The Morgan fingerprint density at radius 1 is 1.37 bits per heavy atom. The van der Waals surface area contributed by atoms with Gasteiger partial charge in [0.2, 0.25) is 11.8 Å². The van der Waals surface area contributed by atoms with Gasteiger partial charge in [-0.05, 0) is 26.3 Å². The molecule has 108 valence electrons. The van der Waals surface area contributed by atoms with Gasteiger partial charge >= 0.3 is 0 Å². The van der Waals surface area contributed by atoms with Crippen molar-refractivity contribution in [3.63, 3.8) is 0 Å². The van der Waals surface area contributed by atoms with Gasteiger partial charge in [0, 0.05) is 31.9 Å². The van der Waals surface area contributed by atoms with Gasteiger partial charge < -0.3 is 15.0 Å². The molecule has 0 aliphatic heterocycles. The van der Waals surface area contributed by atoms with Crippen molar-refractivity contribution in [3.05, 3.63) is 11.8 Å². The molecule has 19 heavy (non-hydrogen) atoms. The molecular weight excluding hydrogens is 240 g/mol. The molecule has 0 aliphatic carbocycles. The van der Waals surface area contributed by atoms with Crippen LogP contribution in [-0.2, 0) is 0 Å². The number of aromatic nitrogens is 2. The molecule has 1 aromatic heterocycles. The first kappa shape index (κ1) is 15.7. The maximum Gasteiger partial charge on any atom is 0.228 e. The van der Waals surface area contributed by atoms with Crippen LogP contribution in [0.1, 0.15) is 26.5 Å². The zero-order valence-corrected chi connectivity index (χ0v) is 12.7. The van der Waals surface area contributed by atoms with E-state index in [4.69, 9.17) is 4.74 Å². The highest BCUT2D eigenvalue weighted by Crippen LogP contribution is 2.14. The molecule has 0 aliphatic rings. The average Bonchev–Trinajstić information content (AvgIpc) is 2.34. The highest BCUT2D eigenvalue weighted by Gasteiger charge is 2.07. The molecule has 0 atom stereocenters. The van der Waals surface area contributed by atoms with E-state index >= 15 is 0 Å². The zero-order valence-electron chi connectivity index (χ0n) is 12.7. The predicted octanol–water partition coefficient (Wildman–Crippen LogP) is 1.87. The van der Waals surface area contributed by atoms with Crippen LogP contribution in [0.15, 0.2) is 6.07 Å². The first-order valence-corrected chi connectivity index (χ1v) is 6.93. The fraction of sp³-hybridized carbons (Fsp3) is 0.714. The summed E-state index contributed by atoms with van der Waals surface area (Å²) >= 11 is 0.